The van der Waals surface area contributed by atoms with Crippen molar-refractivity contribution in [2.45, 2.75) is 11.4 Å². The first-order valence-corrected chi connectivity index (χ1v) is 7.22. The summed E-state index contributed by atoms with van der Waals surface area (Å²) in [5.74, 6) is 0.302. The van der Waals surface area contributed by atoms with E-state index < -0.39 is 4.92 Å². The third-order valence-corrected chi connectivity index (χ3v) is 3.54. The van der Waals surface area contributed by atoms with Crippen molar-refractivity contribution < 1.29 is 9.72 Å². The molecule has 2 aromatic rings. The number of aromatic nitrogens is 1. The van der Waals surface area contributed by atoms with Gasteiger partial charge in [0.25, 0.3) is 5.69 Å². The Morgan fingerprint density at radius 2 is 2.00 bits per heavy atom. The zero-order valence-corrected chi connectivity index (χ0v) is 11.9. The zero-order chi connectivity index (χ0) is 15.1. The number of hydrogen-bond acceptors (Lipinski definition) is 5. The lowest BCUT2D eigenvalue weighted by atomic mass is 10.2. The molecule has 0 atom stereocenters. The van der Waals surface area contributed by atoms with Crippen LogP contribution in [0.2, 0.25) is 0 Å². The highest BCUT2D eigenvalue weighted by molar-refractivity contribution is 7.99. The number of pyridine rings is 1. The quantitative estimate of drug-likeness (QED) is 0.503. The Labute approximate surface area is 125 Å². The summed E-state index contributed by atoms with van der Waals surface area (Å²) in [4.78, 5) is 26.3. The number of anilines is 1. The molecule has 0 saturated heterocycles. The molecular formula is C14H13N3O3S. The van der Waals surface area contributed by atoms with E-state index in [2.05, 4.69) is 10.3 Å². The number of para-hydroxylation sites is 2. The Bertz CT molecular complexity index is 634. The maximum Gasteiger partial charge on any atom is 0.292 e. The van der Waals surface area contributed by atoms with Crippen molar-refractivity contribution in [3.8, 4) is 0 Å². The van der Waals surface area contributed by atoms with Gasteiger partial charge in [0, 0.05) is 24.4 Å². The minimum Gasteiger partial charge on any atom is -0.320 e. The monoisotopic (exact) mass is 303 g/mol. The maximum absolute atomic E-state index is 11.8. The number of nitro groups is 1. The molecule has 1 N–H and O–H groups in total. The zero-order valence-electron chi connectivity index (χ0n) is 11.1. The van der Waals surface area contributed by atoms with Crippen LogP contribution in [0.1, 0.15) is 6.42 Å². The van der Waals surface area contributed by atoms with Crippen LogP contribution in [0, 0.1) is 10.1 Å². The van der Waals surface area contributed by atoms with E-state index in [4.69, 9.17) is 0 Å². The van der Waals surface area contributed by atoms with Crippen molar-refractivity contribution >= 4 is 29.0 Å². The minimum absolute atomic E-state index is 0.108. The van der Waals surface area contributed by atoms with Gasteiger partial charge in [-0.2, -0.15) is 0 Å². The predicted molar refractivity (Wildman–Crippen MR) is 81.3 cm³/mol. The van der Waals surface area contributed by atoms with Crippen LogP contribution in [0.4, 0.5) is 11.4 Å². The summed E-state index contributed by atoms with van der Waals surface area (Å²) in [6.45, 7) is 0. The van der Waals surface area contributed by atoms with Crippen LogP contribution in [0.15, 0.2) is 53.7 Å². The molecule has 1 amide bonds. The van der Waals surface area contributed by atoms with Gasteiger partial charge in [0.2, 0.25) is 5.91 Å². The molecule has 108 valence electrons. The molecule has 0 spiro atoms. The molecule has 0 fully saturated rings. The van der Waals surface area contributed by atoms with Gasteiger partial charge in [-0.15, -0.1) is 11.8 Å². The highest BCUT2D eigenvalue weighted by Crippen LogP contribution is 2.23. The third-order valence-electron chi connectivity index (χ3n) is 2.59. The van der Waals surface area contributed by atoms with Crippen molar-refractivity contribution in [3.63, 3.8) is 0 Å². The Balaban J connectivity index is 1.86. The SMILES string of the molecule is O=C(CCSc1ccccn1)Nc1ccccc1[N+](=O)[O-]. The fourth-order valence-electron chi connectivity index (χ4n) is 1.63. The van der Waals surface area contributed by atoms with Crippen molar-refractivity contribution in [1.82, 2.24) is 4.98 Å². The van der Waals surface area contributed by atoms with E-state index in [-0.39, 0.29) is 23.7 Å². The van der Waals surface area contributed by atoms with E-state index >= 15 is 0 Å². The number of hydrogen-bond donors (Lipinski definition) is 1. The van der Waals surface area contributed by atoms with Crippen LogP contribution in [0.3, 0.4) is 0 Å². The van der Waals surface area contributed by atoms with Gasteiger partial charge in [-0.25, -0.2) is 4.98 Å². The van der Waals surface area contributed by atoms with Crippen molar-refractivity contribution in [2.75, 3.05) is 11.1 Å². The second-order valence-electron chi connectivity index (χ2n) is 4.09. The number of carbonyl (C=O) groups is 1. The van der Waals surface area contributed by atoms with E-state index in [1.807, 2.05) is 18.2 Å². The lowest BCUT2D eigenvalue weighted by molar-refractivity contribution is -0.383. The Morgan fingerprint density at radius 1 is 1.24 bits per heavy atom. The number of amides is 1. The van der Waals surface area contributed by atoms with Crippen molar-refractivity contribution in [3.05, 3.63) is 58.8 Å². The van der Waals surface area contributed by atoms with Crippen LogP contribution in [-0.4, -0.2) is 21.6 Å². The normalized spacial score (nSPS) is 10.1. The molecule has 6 nitrogen and oxygen atoms in total. The predicted octanol–water partition coefficient (Wildman–Crippen LogP) is 3.11. The molecule has 1 heterocycles. The fourth-order valence-corrected chi connectivity index (χ4v) is 2.44. The second-order valence-corrected chi connectivity index (χ2v) is 5.20. The summed E-state index contributed by atoms with van der Waals surface area (Å²) in [7, 11) is 0. The Kier molecular flexibility index (Phi) is 5.28. The summed E-state index contributed by atoms with van der Waals surface area (Å²) in [6.07, 6.45) is 1.95. The number of thioether (sulfide) groups is 1. The van der Waals surface area contributed by atoms with E-state index in [0.717, 1.165) is 5.03 Å². The number of nitro benzene ring substituents is 1. The second kappa shape index (κ2) is 7.39. The summed E-state index contributed by atoms with van der Waals surface area (Å²) in [6, 6.07) is 11.6. The first-order valence-electron chi connectivity index (χ1n) is 6.24. The summed E-state index contributed by atoms with van der Waals surface area (Å²) in [5.41, 5.74) is 0.110. The lowest BCUT2D eigenvalue weighted by Crippen LogP contribution is -2.13. The maximum atomic E-state index is 11.8. The molecule has 0 aliphatic carbocycles. The molecule has 0 saturated carbocycles. The summed E-state index contributed by atoms with van der Waals surface area (Å²) in [5, 5.41) is 14.3. The molecule has 1 aromatic heterocycles. The minimum atomic E-state index is -0.516. The number of carbonyl (C=O) groups excluding carboxylic acids is 1. The standard InChI is InChI=1S/C14H13N3O3S/c18-13(8-10-21-14-7-3-4-9-15-14)16-11-5-1-2-6-12(11)17(19)20/h1-7,9H,8,10H2,(H,16,18). The van der Waals surface area contributed by atoms with Crippen LogP contribution < -0.4 is 5.32 Å². The highest BCUT2D eigenvalue weighted by Gasteiger charge is 2.14. The summed E-state index contributed by atoms with van der Waals surface area (Å²) >= 11 is 1.46. The number of rotatable bonds is 6. The van der Waals surface area contributed by atoms with Crippen LogP contribution in [0.25, 0.3) is 0 Å². The van der Waals surface area contributed by atoms with Gasteiger partial charge in [-0.05, 0) is 18.2 Å². The van der Waals surface area contributed by atoms with Gasteiger partial charge >= 0.3 is 0 Å². The molecule has 0 aliphatic heterocycles. The first kappa shape index (κ1) is 15.0. The molecule has 2 rings (SSSR count). The van der Waals surface area contributed by atoms with Crippen LogP contribution >= 0.6 is 11.8 Å². The number of nitrogens with zero attached hydrogens (tertiary/aromatic N) is 2. The average Bonchev–Trinajstić information content (AvgIpc) is 2.48. The van der Waals surface area contributed by atoms with Crippen molar-refractivity contribution in [2.24, 2.45) is 0 Å². The lowest BCUT2D eigenvalue weighted by Gasteiger charge is -2.05. The molecular weight excluding hydrogens is 290 g/mol. The largest absolute Gasteiger partial charge is 0.320 e. The van der Waals surface area contributed by atoms with Gasteiger partial charge in [0.1, 0.15) is 5.69 Å². The Morgan fingerprint density at radius 3 is 2.71 bits per heavy atom. The van der Waals surface area contributed by atoms with Crippen molar-refractivity contribution in [1.29, 1.82) is 0 Å². The topological polar surface area (TPSA) is 85.1 Å². The van der Waals surface area contributed by atoms with E-state index in [9.17, 15) is 14.9 Å². The number of benzene rings is 1. The first-order chi connectivity index (χ1) is 10.2. The van der Waals surface area contributed by atoms with Gasteiger partial charge < -0.3 is 5.32 Å². The number of nitrogens with one attached hydrogen (secondary N) is 1. The van der Waals surface area contributed by atoms with Crippen LogP contribution in [-0.2, 0) is 4.79 Å². The molecule has 0 aliphatic rings. The van der Waals surface area contributed by atoms with Gasteiger partial charge in [0.15, 0.2) is 0 Å². The van der Waals surface area contributed by atoms with Gasteiger partial charge in [0.05, 0.1) is 9.95 Å². The van der Waals surface area contributed by atoms with E-state index in [1.165, 1.54) is 23.9 Å². The van der Waals surface area contributed by atoms with Crippen LogP contribution in [0.5, 0.6) is 0 Å². The molecule has 0 radical (unpaired) electrons. The third kappa shape index (κ3) is 4.57. The van der Waals surface area contributed by atoms with Gasteiger partial charge in [-0.3, -0.25) is 14.9 Å². The average molecular weight is 303 g/mol. The molecule has 21 heavy (non-hydrogen) atoms. The fraction of sp³-hybridized carbons (Fsp3) is 0.143. The summed E-state index contributed by atoms with van der Waals surface area (Å²) < 4.78 is 0. The Hall–Kier alpha value is -2.41. The van der Waals surface area contributed by atoms with Gasteiger partial charge in [-0.1, -0.05) is 18.2 Å². The van der Waals surface area contributed by atoms with E-state index in [1.54, 1.807) is 18.3 Å². The van der Waals surface area contributed by atoms with E-state index in [0.29, 0.717) is 5.75 Å². The molecule has 0 unspecified atom stereocenters. The molecule has 1 aromatic carbocycles. The highest BCUT2D eigenvalue weighted by atomic mass is 32.2. The molecule has 0 bridgehead atoms. The smallest absolute Gasteiger partial charge is 0.292 e. The molecule has 7 heteroatoms.